The van der Waals surface area contributed by atoms with E-state index < -0.39 is 0 Å². The standard InChI is InChI=1S/C13H22O3.C12H22O2.C8H12O2.C3H6O2.K.H2.H/c1-9(5-6-14)7-11-8-12(15)13(3,4)10(2)16-11;1-7-8(2)13-9(3)12(4,5)6-10-11(7)14-10;1-5-4-8(9)10-7(3)6(5)2;1-3(2)4-5-3;;;/h6,10-12,15H,1,5,7-8H2,2-4H3;7-11H,6H2,1-5H3;4,6-7H,1-3H3;1-2H3;;1H;/q;;;;+1;;-1/t10?,11-,12+;7?,8?,9?,10-,11+;;;;;/m10...../s1. The fourth-order valence-electron chi connectivity index (χ4n) is 5.45. The van der Waals surface area contributed by atoms with Gasteiger partial charge in [-0.2, -0.15) is 9.78 Å². The molecule has 10 atom stereocenters. The molecule has 0 aliphatic carbocycles. The first-order chi connectivity index (χ1) is 20.6. The van der Waals surface area contributed by atoms with E-state index in [1.165, 1.54) is 0 Å². The van der Waals surface area contributed by atoms with Gasteiger partial charge in [-0.1, -0.05) is 59.3 Å². The van der Waals surface area contributed by atoms with Crippen molar-refractivity contribution >= 4 is 12.3 Å². The molecule has 4 fully saturated rings. The Kier molecular flexibility index (Phi) is 17.5. The molecule has 264 valence electrons. The second-order valence-corrected chi connectivity index (χ2v) is 15.4. The fourth-order valence-corrected chi connectivity index (χ4v) is 5.45. The molecule has 0 amide bonds. The number of cyclic esters (lactones) is 1. The fraction of sp³-hybridized carbons (Fsp3) is 0.833. The van der Waals surface area contributed by atoms with Crippen LogP contribution in [0.2, 0.25) is 0 Å². The summed E-state index contributed by atoms with van der Waals surface area (Å²) in [6.07, 6.45) is 6.50. The number of ether oxygens (including phenoxy) is 4. The maximum Gasteiger partial charge on any atom is 1.00 e. The molecule has 46 heavy (non-hydrogen) atoms. The van der Waals surface area contributed by atoms with E-state index in [9.17, 15) is 14.7 Å². The van der Waals surface area contributed by atoms with E-state index in [-0.39, 0.29) is 101 Å². The first-order valence-electron chi connectivity index (χ1n) is 16.6. The SMILES string of the molecule is C=C(CC=O)C[C@@H]1C[C@H](O)C(C)(C)C(C)O1.CC1(C)OO1.CC1=CC(=O)OC(C)C1C.CC1OC(C)C(C)(C)C[C@@H]2O[C@@H]2C1C.[H-].[HH].[K+]. The normalized spacial score (nSPS) is 37.8. The average molecular weight is 681 g/mol. The minimum atomic E-state index is -0.356. The number of aliphatic hydroxyl groups is 1. The zero-order valence-electron chi connectivity index (χ0n) is 32.2. The molecule has 4 saturated heterocycles. The van der Waals surface area contributed by atoms with Gasteiger partial charge in [-0.15, -0.1) is 0 Å². The van der Waals surface area contributed by atoms with Gasteiger partial charge in [0.25, 0.3) is 0 Å². The predicted molar refractivity (Wildman–Crippen MR) is 177 cm³/mol. The van der Waals surface area contributed by atoms with Crippen LogP contribution in [-0.2, 0) is 38.3 Å². The van der Waals surface area contributed by atoms with Crippen molar-refractivity contribution in [1.82, 2.24) is 0 Å². The van der Waals surface area contributed by atoms with Gasteiger partial charge in [-0.25, -0.2) is 4.79 Å². The Hall–Kier alpha value is 0.0164. The molecule has 0 spiro atoms. The maximum atomic E-state index is 10.7. The van der Waals surface area contributed by atoms with Crippen LogP contribution in [0.5, 0.6) is 0 Å². The van der Waals surface area contributed by atoms with E-state index in [2.05, 4.69) is 57.9 Å². The van der Waals surface area contributed by atoms with Crippen LogP contribution >= 0.6 is 0 Å². The minimum absolute atomic E-state index is 0. The van der Waals surface area contributed by atoms with Crippen molar-refractivity contribution in [3.8, 4) is 0 Å². The van der Waals surface area contributed by atoms with Crippen LogP contribution in [0.25, 0.3) is 0 Å². The van der Waals surface area contributed by atoms with Crippen LogP contribution < -0.4 is 51.4 Å². The van der Waals surface area contributed by atoms with Gasteiger partial charge in [0, 0.05) is 37.6 Å². The number of fused-ring (bicyclic) bond motifs is 1. The number of esters is 1. The number of carbonyl (C=O) groups excluding carboxylic acids is 2. The van der Waals surface area contributed by atoms with Gasteiger partial charge in [0.05, 0.1) is 42.7 Å². The van der Waals surface area contributed by atoms with Gasteiger partial charge in [0.2, 0.25) is 5.79 Å². The van der Waals surface area contributed by atoms with E-state index in [1.807, 2.05) is 48.5 Å². The van der Waals surface area contributed by atoms with Gasteiger partial charge in [-0.05, 0) is 66.7 Å². The number of aldehydes is 1. The molecule has 5 aliphatic heterocycles. The van der Waals surface area contributed by atoms with Gasteiger partial charge in [0.1, 0.15) is 12.4 Å². The van der Waals surface area contributed by atoms with Crippen LogP contribution in [0, 0.1) is 22.7 Å². The van der Waals surface area contributed by atoms with Crippen molar-refractivity contribution in [1.29, 1.82) is 0 Å². The van der Waals surface area contributed by atoms with Crippen LogP contribution in [0.15, 0.2) is 23.8 Å². The number of rotatable bonds is 4. The molecule has 5 heterocycles. The van der Waals surface area contributed by atoms with Crippen molar-refractivity contribution < 1.29 is 97.7 Å². The van der Waals surface area contributed by atoms with Gasteiger partial charge in [-0.3, -0.25) is 0 Å². The molecule has 5 rings (SSSR count). The summed E-state index contributed by atoms with van der Waals surface area (Å²) in [6, 6.07) is 0. The number of hydrogen-bond acceptors (Lipinski definition) is 9. The first-order valence-corrected chi connectivity index (χ1v) is 16.6. The summed E-state index contributed by atoms with van der Waals surface area (Å²) in [5.41, 5.74) is 2.03. The van der Waals surface area contributed by atoms with Crippen molar-refractivity contribution in [2.24, 2.45) is 22.7 Å². The number of aliphatic hydroxyl groups excluding tert-OH is 1. The largest absolute Gasteiger partial charge is 1.00 e. The Bertz CT molecular complexity index is 1030. The second kappa shape index (κ2) is 18.3. The average Bonchev–Trinajstić information content (AvgIpc) is 3.83. The van der Waals surface area contributed by atoms with E-state index in [0.717, 1.165) is 23.9 Å². The minimum Gasteiger partial charge on any atom is -1.00 e. The molecular formula is C36H65KO9. The molecule has 0 aromatic heterocycles. The predicted octanol–water partition coefficient (Wildman–Crippen LogP) is 4.26. The van der Waals surface area contributed by atoms with E-state index in [4.69, 9.17) is 18.9 Å². The van der Waals surface area contributed by atoms with E-state index in [0.29, 0.717) is 55.5 Å². The molecule has 0 saturated carbocycles. The van der Waals surface area contributed by atoms with Crippen molar-refractivity contribution in [3.63, 3.8) is 0 Å². The Morgan fingerprint density at radius 2 is 1.57 bits per heavy atom. The molecule has 5 aliphatic rings. The molecule has 0 aromatic rings. The van der Waals surface area contributed by atoms with Crippen LogP contribution in [-0.4, -0.2) is 72.0 Å². The topological polar surface area (TPSA) is 120 Å². The van der Waals surface area contributed by atoms with Gasteiger partial charge < -0.3 is 30.3 Å². The van der Waals surface area contributed by atoms with Crippen LogP contribution in [0.3, 0.4) is 0 Å². The van der Waals surface area contributed by atoms with Gasteiger partial charge in [0.15, 0.2) is 0 Å². The van der Waals surface area contributed by atoms with Crippen molar-refractivity contribution in [3.05, 3.63) is 23.8 Å². The summed E-state index contributed by atoms with van der Waals surface area (Å²) in [5.74, 6) is 0.458. The van der Waals surface area contributed by atoms with E-state index >= 15 is 0 Å². The van der Waals surface area contributed by atoms with Gasteiger partial charge >= 0.3 is 57.4 Å². The molecule has 10 heteroatoms. The molecule has 0 bridgehead atoms. The zero-order valence-corrected chi connectivity index (χ0v) is 34.3. The summed E-state index contributed by atoms with van der Waals surface area (Å²) in [7, 11) is 0. The summed E-state index contributed by atoms with van der Waals surface area (Å²) in [6.45, 7) is 30.6. The Morgan fingerprint density at radius 3 is 2.04 bits per heavy atom. The molecule has 0 radical (unpaired) electrons. The van der Waals surface area contributed by atoms with E-state index in [1.54, 1.807) is 6.08 Å². The quantitative estimate of drug-likeness (QED) is 0.116. The molecule has 6 unspecified atom stereocenters. The molecule has 0 aromatic carbocycles. The maximum absolute atomic E-state index is 10.7. The molecule has 1 N–H and O–H groups in total. The third-order valence-corrected chi connectivity index (χ3v) is 10.3. The number of hydrogen-bond donors (Lipinski definition) is 1. The Morgan fingerprint density at radius 1 is 1.00 bits per heavy atom. The summed E-state index contributed by atoms with van der Waals surface area (Å²) in [5, 5.41) is 10.0. The third-order valence-electron chi connectivity index (χ3n) is 10.3. The second-order valence-electron chi connectivity index (χ2n) is 15.4. The first kappa shape index (κ1) is 44.0. The number of carbonyl (C=O) groups is 2. The number of epoxide rings is 1. The molecular weight excluding hydrogens is 615 g/mol. The van der Waals surface area contributed by atoms with Crippen LogP contribution in [0.1, 0.15) is 119 Å². The smallest absolute Gasteiger partial charge is 1.00 e. The summed E-state index contributed by atoms with van der Waals surface area (Å²) in [4.78, 5) is 29.9. The summed E-state index contributed by atoms with van der Waals surface area (Å²) >= 11 is 0. The van der Waals surface area contributed by atoms with Crippen molar-refractivity contribution in [2.75, 3.05) is 0 Å². The summed E-state index contributed by atoms with van der Waals surface area (Å²) < 4.78 is 22.6. The monoisotopic (exact) mass is 680 g/mol. The Labute approximate surface area is 324 Å². The molecule has 9 nitrogen and oxygen atoms in total. The Balaban J connectivity index is 0. The van der Waals surface area contributed by atoms with Crippen molar-refractivity contribution in [2.45, 2.75) is 170 Å². The zero-order chi connectivity index (χ0) is 34.5. The van der Waals surface area contributed by atoms with Crippen LogP contribution in [0.4, 0.5) is 0 Å². The third kappa shape index (κ3) is 13.7.